The van der Waals surface area contributed by atoms with Crippen molar-refractivity contribution in [3.8, 4) is 17.2 Å². The Morgan fingerprint density at radius 2 is 1.75 bits per heavy atom. The van der Waals surface area contributed by atoms with Crippen molar-refractivity contribution in [2.24, 2.45) is 0 Å². The first-order valence-electron chi connectivity index (χ1n) is 11.7. The Balaban J connectivity index is 1.70. The quantitative estimate of drug-likeness (QED) is 0.360. The zero-order valence-corrected chi connectivity index (χ0v) is 20.5. The summed E-state index contributed by atoms with van der Waals surface area (Å²) in [6.07, 6.45) is -0.0437. The Hall–Kier alpha value is -3.85. The summed E-state index contributed by atoms with van der Waals surface area (Å²) >= 11 is 0. The Morgan fingerprint density at radius 1 is 1.08 bits per heavy atom. The maximum absolute atomic E-state index is 12.4. The summed E-state index contributed by atoms with van der Waals surface area (Å²) in [7, 11) is 0. The van der Waals surface area contributed by atoms with Gasteiger partial charge in [0.1, 0.15) is 47.9 Å². The zero-order valence-electron chi connectivity index (χ0n) is 20.5. The van der Waals surface area contributed by atoms with Gasteiger partial charge in [-0.05, 0) is 51.0 Å². The van der Waals surface area contributed by atoms with Crippen LogP contribution < -0.4 is 20.0 Å². The van der Waals surface area contributed by atoms with Crippen molar-refractivity contribution in [3.63, 3.8) is 0 Å². The number of phenolic OH excluding ortho intramolecular Hbond substituents is 1. The molecule has 1 atom stereocenters. The van der Waals surface area contributed by atoms with E-state index in [1.807, 2.05) is 6.92 Å². The number of rotatable bonds is 12. The second-order valence-corrected chi connectivity index (χ2v) is 8.53. The van der Waals surface area contributed by atoms with Gasteiger partial charge in [0, 0.05) is 29.6 Å². The molecule has 36 heavy (non-hydrogen) atoms. The van der Waals surface area contributed by atoms with Crippen molar-refractivity contribution in [3.05, 3.63) is 63.0 Å². The molecule has 0 saturated heterocycles. The van der Waals surface area contributed by atoms with Crippen molar-refractivity contribution >= 4 is 22.7 Å². The highest BCUT2D eigenvalue weighted by Gasteiger charge is 2.18. The van der Waals surface area contributed by atoms with Crippen molar-refractivity contribution in [1.82, 2.24) is 0 Å². The highest BCUT2D eigenvalue weighted by Crippen LogP contribution is 2.33. The molecular formula is C27H29O9-. The minimum atomic E-state index is -1.24. The summed E-state index contributed by atoms with van der Waals surface area (Å²) < 4.78 is 17.2. The number of carbonyl (C=O) groups excluding carboxylic acids is 2. The first kappa shape index (κ1) is 26.7. The van der Waals surface area contributed by atoms with E-state index in [4.69, 9.17) is 13.9 Å². The third kappa shape index (κ3) is 6.23. The van der Waals surface area contributed by atoms with Crippen LogP contribution in [0, 0.1) is 6.92 Å². The third-order valence-corrected chi connectivity index (χ3v) is 5.70. The average molecular weight is 498 g/mol. The molecule has 1 aromatic heterocycles. The molecule has 192 valence electrons. The van der Waals surface area contributed by atoms with Crippen molar-refractivity contribution in [1.29, 1.82) is 0 Å². The van der Waals surface area contributed by atoms with Crippen LogP contribution in [-0.4, -0.2) is 41.3 Å². The molecule has 9 heteroatoms. The summed E-state index contributed by atoms with van der Waals surface area (Å²) in [5.74, 6) is -0.609. The number of hydrogen-bond donors (Lipinski definition) is 2. The van der Waals surface area contributed by atoms with Crippen LogP contribution in [0.15, 0.2) is 39.5 Å². The van der Waals surface area contributed by atoms with E-state index in [1.165, 1.54) is 19.1 Å². The maximum Gasteiger partial charge on any atom is 0.192 e. The van der Waals surface area contributed by atoms with Gasteiger partial charge in [0.15, 0.2) is 11.2 Å². The molecule has 0 saturated carbocycles. The second-order valence-electron chi connectivity index (χ2n) is 8.53. The van der Waals surface area contributed by atoms with Gasteiger partial charge in [-0.2, -0.15) is 0 Å². The highest BCUT2D eigenvalue weighted by atomic mass is 16.5. The fourth-order valence-corrected chi connectivity index (χ4v) is 3.84. The fourth-order valence-electron chi connectivity index (χ4n) is 3.84. The lowest BCUT2D eigenvalue weighted by molar-refractivity contribution is -0.305. The summed E-state index contributed by atoms with van der Waals surface area (Å²) in [4.78, 5) is 34.8. The summed E-state index contributed by atoms with van der Waals surface area (Å²) in [6, 6.07) is 7.50. The van der Waals surface area contributed by atoms with Gasteiger partial charge in [-0.1, -0.05) is 13.3 Å². The number of carboxylic acids is 1. The number of aliphatic carboxylic acids is 1. The predicted molar refractivity (Wildman–Crippen MR) is 130 cm³/mol. The summed E-state index contributed by atoms with van der Waals surface area (Å²) in [6.45, 7) is 4.77. The van der Waals surface area contributed by atoms with Crippen molar-refractivity contribution in [2.75, 3.05) is 13.2 Å². The molecule has 1 unspecified atom stereocenters. The number of ether oxygens (including phenoxy) is 2. The number of benzene rings is 2. The van der Waals surface area contributed by atoms with Crippen LogP contribution in [0.3, 0.4) is 0 Å². The van der Waals surface area contributed by atoms with Gasteiger partial charge in [-0.3, -0.25) is 9.59 Å². The molecule has 0 amide bonds. The SMILES string of the molecule is CCCc1c(OCC(O)COc2ccc3c(=O)cc(CCC(=O)[O-])oc3c2C)ccc(C(C)=O)c1O. The van der Waals surface area contributed by atoms with E-state index < -0.39 is 12.1 Å². The number of aliphatic hydroxyl groups is 1. The molecular weight excluding hydrogens is 468 g/mol. The number of carbonyl (C=O) groups is 2. The number of ketones is 1. The van der Waals surface area contributed by atoms with E-state index in [2.05, 4.69) is 0 Å². The number of aryl methyl sites for hydroxylation is 2. The minimum absolute atomic E-state index is 0.0249. The lowest BCUT2D eigenvalue weighted by atomic mass is 10.0. The van der Waals surface area contributed by atoms with Crippen LogP contribution in [0.5, 0.6) is 17.2 Å². The molecule has 0 radical (unpaired) electrons. The minimum Gasteiger partial charge on any atom is -0.550 e. The monoisotopic (exact) mass is 497 g/mol. The molecule has 0 spiro atoms. The number of hydrogen-bond acceptors (Lipinski definition) is 9. The van der Waals surface area contributed by atoms with Crippen LogP contribution in [0.4, 0.5) is 0 Å². The lowest BCUT2D eigenvalue weighted by Crippen LogP contribution is -2.25. The Bertz CT molecular complexity index is 1320. The number of Topliss-reactive ketones (excluding diaryl/α,β-unsaturated/α-hetero) is 1. The van der Waals surface area contributed by atoms with E-state index >= 15 is 0 Å². The van der Waals surface area contributed by atoms with Gasteiger partial charge in [0.25, 0.3) is 0 Å². The van der Waals surface area contributed by atoms with E-state index in [0.29, 0.717) is 34.4 Å². The smallest absolute Gasteiger partial charge is 0.192 e. The van der Waals surface area contributed by atoms with E-state index in [0.717, 1.165) is 6.42 Å². The van der Waals surface area contributed by atoms with Gasteiger partial charge >= 0.3 is 0 Å². The Labute approximate surface area is 207 Å². The third-order valence-electron chi connectivity index (χ3n) is 5.70. The van der Waals surface area contributed by atoms with Crippen LogP contribution in [-0.2, 0) is 17.6 Å². The van der Waals surface area contributed by atoms with Gasteiger partial charge in [-0.15, -0.1) is 0 Å². The Kier molecular flexibility index (Phi) is 8.71. The number of fused-ring (bicyclic) bond motifs is 1. The van der Waals surface area contributed by atoms with Crippen LogP contribution in [0.1, 0.15) is 53.9 Å². The molecule has 0 fully saturated rings. The largest absolute Gasteiger partial charge is 0.550 e. The van der Waals surface area contributed by atoms with Crippen molar-refractivity contribution < 1.29 is 38.8 Å². The van der Waals surface area contributed by atoms with E-state index in [-0.39, 0.29) is 59.9 Å². The van der Waals surface area contributed by atoms with Crippen LogP contribution in [0.25, 0.3) is 11.0 Å². The van der Waals surface area contributed by atoms with Gasteiger partial charge in [0.05, 0.1) is 10.9 Å². The standard InChI is InChI=1S/C27H30O9/c1-4-5-21-24(10-7-19(16(3)28)26(21)33)35-14-17(29)13-34-23-9-8-20-22(30)12-18(6-11-25(31)32)36-27(20)15(23)2/h7-10,12,17,29,33H,4-6,11,13-14H2,1-3H3,(H,31,32)/p-1. The maximum atomic E-state index is 12.4. The molecule has 0 aliphatic heterocycles. The molecule has 3 rings (SSSR count). The lowest BCUT2D eigenvalue weighted by Gasteiger charge is -2.18. The summed E-state index contributed by atoms with van der Waals surface area (Å²) in [5, 5.41) is 31.9. The van der Waals surface area contributed by atoms with Gasteiger partial charge in [-0.25, -0.2) is 0 Å². The molecule has 0 bridgehead atoms. The first-order valence-corrected chi connectivity index (χ1v) is 11.7. The first-order chi connectivity index (χ1) is 17.1. The molecule has 3 aromatic rings. The van der Waals surface area contributed by atoms with Crippen LogP contribution in [0.2, 0.25) is 0 Å². The van der Waals surface area contributed by atoms with E-state index in [9.17, 15) is 29.7 Å². The molecule has 1 heterocycles. The number of phenols is 1. The molecule has 9 nitrogen and oxygen atoms in total. The topological polar surface area (TPSA) is 146 Å². The van der Waals surface area contributed by atoms with Gasteiger partial charge in [0.2, 0.25) is 0 Å². The Morgan fingerprint density at radius 3 is 2.39 bits per heavy atom. The summed E-state index contributed by atoms with van der Waals surface area (Å²) in [5.41, 5.74) is 1.24. The van der Waals surface area contributed by atoms with Crippen LogP contribution >= 0.6 is 0 Å². The van der Waals surface area contributed by atoms with E-state index in [1.54, 1.807) is 25.1 Å². The molecule has 0 aliphatic carbocycles. The zero-order chi connectivity index (χ0) is 26.4. The number of carboxylic acid groups (broad SMARTS) is 1. The fraction of sp³-hybridized carbons (Fsp3) is 0.370. The van der Waals surface area contributed by atoms with Gasteiger partial charge < -0.3 is 34.0 Å². The van der Waals surface area contributed by atoms with Crippen molar-refractivity contribution in [2.45, 2.75) is 52.6 Å². The molecule has 0 aliphatic rings. The molecule has 2 N–H and O–H groups in total. The normalized spacial score (nSPS) is 11.9. The average Bonchev–Trinajstić information content (AvgIpc) is 2.82. The molecule has 2 aromatic carbocycles. The highest BCUT2D eigenvalue weighted by molar-refractivity contribution is 5.97. The second kappa shape index (κ2) is 11.7. The number of aliphatic hydroxyl groups excluding tert-OH is 1. The number of aromatic hydroxyl groups is 1. The predicted octanol–water partition coefficient (Wildman–Crippen LogP) is 2.46.